The lowest BCUT2D eigenvalue weighted by Gasteiger charge is -2.10. The molecule has 2 N–H and O–H groups in total. The second kappa shape index (κ2) is 5.76. The summed E-state index contributed by atoms with van der Waals surface area (Å²) in [7, 11) is -3.65. The third kappa shape index (κ3) is 2.88. The summed E-state index contributed by atoms with van der Waals surface area (Å²) in [6.07, 6.45) is 0. The molecule has 2 aromatic carbocycles. The van der Waals surface area contributed by atoms with Crippen LogP contribution in [0.5, 0.6) is 0 Å². The normalized spacial score (nSPS) is 14.0. The fourth-order valence-electron chi connectivity index (χ4n) is 2.46. The van der Waals surface area contributed by atoms with Crippen LogP contribution in [-0.2, 0) is 27.9 Å². The zero-order valence-corrected chi connectivity index (χ0v) is 12.9. The number of anilines is 1. The molecule has 0 atom stereocenters. The van der Waals surface area contributed by atoms with Crippen molar-refractivity contribution < 1.29 is 18.2 Å². The van der Waals surface area contributed by atoms with E-state index in [0.29, 0.717) is 17.9 Å². The Balaban J connectivity index is 1.86. The van der Waals surface area contributed by atoms with E-state index in [4.69, 9.17) is 9.76 Å². The van der Waals surface area contributed by atoms with Crippen molar-refractivity contribution in [1.29, 1.82) is 0 Å². The van der Waals surface area contributed by atoms with Gasteiger partial charge in [0.25, 0.3) is 10.0 Å². The van der Waals surface area contributed by atoms with Crippen LogP contribution in [0.1, 0.15) is 11.1 Å². The number of hydrogen-bond donors (Lipinski definition) is 2. The highest BCUT2D eigenvalue weighted by atomic mass is 32.2. The monoisotopic (exact) mass is 317 g/mol. The molecule has 0 radical (unpaired) electrons. The predicted octanol–water partition coefficient (Wildman–Crippen LogP) is 1.34. The highest BCUT2D eigenvalue weighted by Gasteiger charge is 2.24. The molecule has 0 saturated heterocycles. The van der Waals surface area contributed by atoms with Gasteiger partial charge >= 0.3 is 6.92 Å². The third-order valence-electron chi connectivity index (χ3n) is 3.74. The first-order valence-corrected chi connectivity index (χ1v) is 8.45. The molecule has 0 aromatic heterocycles. The average Bonchev–Trinajstić information content (AvgIpc) is 2.88. The van der Waals surface area contributed by atoms with Gasteiger partial charge in [-0.2, -0.15) is 0 Å². The molecule has 1 aliphatic heterocycles. The molecule has 0 bridgehead atoms. The van der Waals surface area contributed by atoms with Gasteiger partial charge in [0.1, 0.15) is 0 Å². The van der Waals surface area contributed by atoms with E-state index in [-0.39, 0.29) is 18.4 Å². The van der Waals surface area contributed by atoms with Gasteiger partial charge in [0.15, 0.2) is 0 Å². The van der Waals surface area contributed by atoms with Crippen LogP contribution in [0, 0.1) is 0 Å². The highest BCUT2D eigenvalue weighted by molar-refractivity contribution is 7.92. The van der Waals surface area contributed by atoms with Crippen LogP contribution in [-0.4, -0.2) is 20.4 Å². The summed E-state index contributed by atoms with van der Waals surface area (Å²) in [5.41, 5.74) is 3.28. The second-order valence-corrected chi connectivity index (χ2v) is 6.96. The van der Waals surface area contributed by atoms with Gasteiger partial charge in [0, 0.05) is 5.69 Å². The van der Waals surface area contributed by atoms with Gasteiger partial charge in [-0.05, 0) is 40.9 Å². The first-order chi connectivity index (χ1) is 10.5. The van der Waals surface area contributed by atoms with E-state index in [1.165, 1.54) is 12.1 Å². The summed E-state index contributed by atoms with van der Waals surface area (Å²) in [6.45, 7) is 2.36. The SMILES string of the molecule is CB1OCc2ccc(NS(=O)(=O)c3ccc(CO)cc3)cc21. The number of aliphatic hydroxyl groups excluding tert-OH is 1. The standard InChI is InChI=1S/C15H16BNO4S/c1-16-15-8-13(5-4-12(15)10-21-16)17-22(19,20)14-6-2-11(9-18)3-7-14/h2-8,17-18H,9-10H2,1H3. The molecule has 7 heteroatoms. The molecular formula is C15H16BNO4S. The minimum absolute atomic E-state index is 0.0247. The summed E-state index contributed by atoms with van der Waals surface area (Å²) in [5.74, 6) is 0. The molecule has 3 rings (SSSR count). The zero-order chi connectivity index (χ0) is 15.7. The van der Waals surface area contributed by atoms with E-state index in [1.54, 1.807) is 18.2 Å². The van der Waals surface area contributed by atoms with E-state index in [0.717, 1.165) is 11.0 Å². The fourth-order valence-corrected chi connectivity index (χ4v) is 3.51. The molecule has 0 fully saturated rings. The van der Waals surface area contributed by atoms with Gasteiger partial charge in [0.05, 0.1) is 18.1 Å². The molecule has 0 unspecified atom stereocenters. The van der Waals surface area contributed by atoms with Crippen molar-refractivity contribution in [2.45, 2.75) is 24.9 Å². The van der Waals surface area contributed by atoms with Crippen LogP contribution >= 0.6 is 0 Å². The first-order valence-electron chi connectivity index (χ1n) is 6.96. The molecular weight excluding hydrogens is 301 g/mol. The Labute approximate surface area is 130 Å². The molecule has 0 amide bonds. The molecule has 2 aromatic rings. The van der Waals surface area contributed by atoms with E-state index in [9.17, 15) is 8.42 Å². The number of nitrogens with one attached hydrogen (secondary N) is 1. The molecule has 0 spiro atoms. The second-order valence-electron chi connectivity index (χ2n) is 5.27. The number of sulfonamides is 1. The van der Waals surface area contributed by atoms with Crippen LogP contribution in [0.4, 0.5) is 5.69 Å². The molecule has 1 aliphatic rings. The van der Waals surface area contributed by atoms with E-state index < -0.39 is 10.0 Å². The van der Waals surface area contributed by atoms with E-state index in [2.05, 4.69) is 4.72 Å². The van der Waals surface area contributed by atoms with Gasteiger partial charge in [-0.1, -0.05) is 25.0 Å². The molecule has 114 valence electrons. The predicted molar refractivity (Wildman–Crippen MR) is 85.7 cm³/mol. The lowest BCUT2D eigenvalue weighted by Crippen LogP contribution is -2.25. The Bertz CT molecular complexity index is 790. The Hall–Kier alpha value is -1.83. The van der Waals surface area contributed by atoms with Crippen molar-refractivity contribution in [1.82, 2.24) is 0 Å². The molecule has 1 heterocycles. The number of benzene rings is 2. The fraction of sp³-hybridized carbons (Fsp3) is 0.200. The quantitative estimate of drug-likeness (QED) is 0.835. The van der Waals surface area contributed by atoms with Gasteiger partial charge in [0.2, 0.25) is 0 Å². The molecule has 5 nitrogen and oxygen atoms in total. The lowest BCUT2D eigenvalue weighted by molar-refractivity contribution is 0.282. The number of fused-ring (bicyclic) bond motifs is 1. The van der Waals surface area contributed by atoms with Crippen molar-refractivity contribution in [3.63, 3.8) is 0 Å². The van der Waals surface area contributed by atoms with Crippen molar-refractivity contribution in [3.8, 4) is 0 Å². The minimum atomic E-state index is -3.65. The first kappa shape index (κ1) is 15.1. The van der Waals surface area contributed by atoms with Crippen molar-refractivity contribution in [2.24, 2.45) is 0 Å². The van der Waals surface area contributed by atoms with E-state index >= 15 is 0 Å². The smallest absolute Gasteiger partial charge is 0.324 e. The third-order valence-corrected chi connectivity index (χ3v) is 5.14. The maximum Gasteiger partial charge on any atom is 0.324 e. The van der Waals surface area contributed by atoms with Gasteiger partial charge in [-0.3, -0.25) is 4.72 Å². The summed E-state index contributed by atoms with van der Waals surface area (Å²) in [5, 5.41) is 9.00. The maximum absolute atomic E-state index is 12.4. The Morgan fingerprint density at radius 1 is 1.23 bits per heavy atom. The Morgan fingerprint density at radius 3 is 2.64 bits per heavy atom. The van der Waals surface area contributed by atoms with Crippen LogP contribution < -0.4 is 10.2 Å². The Kier molecular flexibility index (Phi) is 3.95. The van der Waals surface area contributed by atoms with Crippen LogP contribution in [0.25, 0.3) is 0 Å². The molecule has 0 saturated carbocycles. The Morgan fingerprint density at radius 2 is 1.95 bits per heavy atom. The van der Waals surface area contributed by atoms with Gasteiger partial charge in [-0.15, -0.1) is 0 Å². The number of aliphatic hydroxyl groups is 1. The maximum atomic E-state index is 12.4. The zero-order valence-electron chi connectivity index (χ0n) is 12.1. The highest BCUT2D eigenvalue weighted by Crippen LogP contribution is 2.19. The number of rotatable bonds is 4. The number of hydrogen-bond acceptors (Lipinski definition) is 4. The topological polar surface area (TPSA) is 75.6 Å². The molecule has 22 heavy (non-hydrogen) atoms. The average molecular weight is 317 g/mol. The van der Waals surface area contributed by atoms with Crippen molar-refractivity contribution in [2.75, 3.05) is 4.72 Å². The summed E-state index contributed by atoms with van der Waals surface area (Å²) < 4.78 is 32.9. The van der Waals surface area contributed by atoms with Crippen molar-refractivity contribution >= 4 is 28.1 Å². The summed E-state index contributed by atoms with van der Waals surface area (Å²) in [6, 6.07) is 11.6. The van der Waals surface area contributed by atoms with E-state index in [1.807, 2.05) is 19.0 Å². The van der Waals surface area contributed by atoms with Crippen LogP contribution in [0.2, 0.25) is 6.82 Å². The van der Waals surface area contributed by atoms with Crippen LogP contribution in [0.15, 0.2) is 47.4 Å². The summed E-state index contributed by atoms with van der Waals surface area (Å²) >= 11 is 0. The van der Waals surface area contributed by atoms with Gasteiger partial charge in [-0.25, -0.2) is 8.42 Å². The van der Waals surface area contributed by atoms with Gasteiger partial charge < -0.3 is 9.76 Å². The van der Waals surface area contributed by atoms with Crippen molar-refractivity contribution in [3.05, 3.63) is 53.6 Å². The van der Waals surface area contributed by atoms with Crippen LogP contribution in [0.3, 0.4) is 0 Å². The minimum Gasteiger partial charge on any atom is -0.427 e. The summed E-state index contributed by atoms with van der Waals surface area (Å²) in [4.78, 5) is 0.162. The molecule has 0 aliphatic carbocycles. The lowest BCUT2D eigenvalue weighted by atomic mass is 9.64. The largest absolute Gasteiger partial charge is 0.427 e.